The molecule has 21 nitrogen and oxygen atoms in total. The molecule has 1 fully saturated rings. The number of likely N-dealkylation sites (tertiary alicyclic amines) is 1. The van der Waals surface area contributed by atoms with Gasteiger partial charge in [-0.15, -0.1) is 0 Å². The van der Waals surface area contributed by atoms with E-state index in [0.29, 0.717) is 17.4 Å². The van der Waals surface area contributed by atoms with Gasteiger partial charge in [-0.05, 0) is 43.7 Å². The maximum Gasteiger partial charge on any atom is 0.326 e. The van der Waals surface area contributed by atoms with Crippen molar-refractivity contribution in [2.24, 2.45) is 17.4 Å². The predicted octanol–water partition coefficient (Wildman–Crippen LogP) is -4.18. The Morgan fingerprint density at radius 3 is 2.07 bits per heavy atom. The Morgan fingerprint density at radius 1 is 0.842 bits per heavy atom. The maximum absolute atomic E-state index is 13.7. The number of primary amides is 1. The van der Waals surface area contributed by atoms with Crippen LogP contribution < -0.4 is 38.1 Å². The van der Waals surface area contributed by atoms with E-state index in [1.54, 1.807) is 44.3 Å². The van der Waals surface area contributed by atoms with Crippen molar-refractivity contribution < 1.29 is 58.8 Å². The summed E-state index contributed by atoms with van der Waals surface area (Å²) < 4.78 is 0. The number of carboxylic acid groups (broad SMARTS) is 1. The number of nitrogens with one attached hydrogen (secondary N) is 6. The average molecular weight is 804 g/mol. The van der Waals surface area contributed by atoms with E-state index in [2.05, 4.69) is 31.6 Å². The van der Waals surface area contributed by atoms with Gasteiger partial charge < -0.3 is 68.4 Å². The number of aromatic nitrogens is 1. The third-order valence-corrected chi connectivity index (χ3v) is 9.32. The lowest BCUT2D eigenvalue weighted by Gasteiger charge is -2.30. The summed E-state index contributed by atoms with van der Waals surface area (Å²) >= 11 is 0. The zero-order chi connectivity index (χ0) is 42.6. The highest BCUT2D eigenvalue weighted by Crippen LogP contribution is 2.21. The van der Waals surface area contributed by atoms with Crippen molar-refractivity contribution in [1.29, 1.82) is 0 Å². The number of aliphatic hydroxyl groups is 3. The van der Waals surface area contributed by atoms with Crippen LogP contribution in [0.5, 0.6) is 0 Å². The number of carboxylic acids is 1. The number of hydrogen-bond donors (Lipinski definition) is 12. The van der Waals surface area contributed by atoms with E-state index in [1.165, 1.54) is 0 Å². The third kappa shape index (κ3) is 12.7. The molecule has 8 atom stereocenters. The molecule has 3 rings (SSSR count). The lowest BCUT2D eigenvalue weighted by Crippen LogP contribution is -2.62. The van der Waals surface area contributed by atoms with Gasteiger partial charge in [0.05, 0.1) is 25.7 Å². The number of nitrogens with two attached hydrogens (primary N) is 2. The van der Waals surface area contributed by atoms with Gasteiger partial charge in [-0.25, -0.2) is 4.79 Å². The second kappa shape index (κ2) is 21.0. The first-order valence-electron chi connectivity index (χ1n) is 18.4. The lowest BCUT2D eigenvalue weighted by molar-refractivity contribution is -0.146. The standard InChI is InChI=1S/C36H53N9O12/c1-17(2)11-25(36(56)57)42-33(53)27-9-6-10-45(27)35(55)26(16-47)43-34(54)29(18(3)48)44-32(52)24(13-28(38)49)41-31(51)23(40-30(50)21(37)15-46)12-19-14-39-22-8-5-4-7-20(19)22/h4-5,7-8,14,17-18,21,23-27,29,39,46-48H,6,9-13,15-16,37H2,1-3H3,(H2,38,49)(H,40,50)(H,41,51)(H,42,53)(H,43,54)(H,44,52)(H,56,57)/t18-,21+,23+,24+,25+,26+,27+,29+/m1/s1. The molecule has 1 aromatic heterocycles. The van der Waals surface area contributed by atoms with Crippen molar-refractivity contribution in [2.45, 2.75) is 101 Å². The SMILES string of the molecule is CC(C)C[C@H](NC(=O)[C@@H]1CCCN1C(=O)[C@H](CO)NC(=O)[C@@H](NC(=O)[C@H](CC(N)=O)NC(=O)[C@H](Cc1c[nH]c2ccccc12)NC(=O)[C@@H](N)CO)[C@@H](C)O)C(=O)O. The molecule has 14 N–H and O–H groups in total. The number of H-pyrrole nitrogens is 1. The van der Waals surface area contributed by atoms with Gasteiger partial charge in [-0.3, -0.25) is 33.6 Å². The van der Waals surface area contributed by atoms with Crippen molar-refractivity contribution in [2.75, 3.05) is 19.8 Å². The summed E-state index contributed by atoms with van der Waals surface area (Å²) in [5.41, 5.74) is 12.3. The first-order chi connectivity index (χ1) is 26.9. The molecule has 1 aliphatic rings. The van der Waals surface area contributed by atoms with Gasteiger partial charge in [0.1, 0.15) is 42.3 Å². The number of carbonyl (C=O) groups excluding carboxylic acids is 7. The number of aromatic amines is 1. The number of para-hydroxylation sites is 1. The van der Waals surface area contributed by atoms with Gasteiger partial charge in [0.2, 0.25) is 41.4 Å². The number of benzene rings is 1. The summed E-state index contributed by atoms with van der Waals surface area (Å²) in [5.74, 6) is -8.21. The van der Waals surface area contributed by atoms with Crippen molar-refractivity contribution in [3.63, 3.8) is 0 Å². The number of aliphatic carboxylic acids is 1. The normalized spacial score (nSPS) is 17.7. The molecule has 7 amide bonds. The average Bonchev–Trinajstić information content (AvgIpc) is 3.81. The fourth-order valence-electron chi connectivity index (χ4n) is 6.34. The second-order valence-corrected chi connectivity index (χ2v) is 14.3. The maximum atomic E-state index is 13.7. The van der Waals surface area contributed by atoms with E-state index in [4.69, 9.17) is 11.5 Å². The Balaban J connectivity index is 1.77. The molecular formula is C36H53N9O12. The quantitative estimate of drug-likeness (QED) is 0.0571. The highest BCUT2D eigenvalue weighted by molar-refractivity contribution is 5.99. The molecule has 2 heterocycles. The smallest absolute Gasteiger partial charge is 0.326 e. The first-order valence-corrected chi connectivity index (χ1v) is 18.4. The molecule has 0 spiro atoms. The zero-order valence-corrected chi connectivity index (χ0v) is 31.9. The van der Waals surface area contributed by atoms with Gasteiger partial charge in [0.25, 0.3) is 0 Å². The Morgan fingerprint density at radius 2 is 1.47 bits per heavy atom. The van der Waals surface area contributed by atoms with Gasteiger partial charge in [-0.2, -0.15) is 0 Å². The molecule has 0 aliphatic carbocycles. The fourth-order valence-corrected chi connectivity index (χ4v) is 6.34. The molecule has 314 valence electrons. The summed E-state index contributed by atoms with van der Waals surface area (Å²) in [7, 11) is 0. The van der Waals surface area contributed by atoms with Crippen molar-refractivity contribution >= 4 is 58.2 Å². The lowest BCUT2D eigenvalue weighted by atomic mass is 10.0. The van der Waals surface area contributed by atoms with Crippen LogP contribution in [0.25, 0.3) is 10.9 Å². The highest BCUT2D eigenvalue weighted by atomic mass is 16.4. The summed E-state index contributed by atoms with van der Waals surface area (Å²) in [6, 6.07) is -3.31. The minimum Gasteiger partial charge on any atom is -0.480 e. The molecule has 0 radical (unpaired) electrons. The minimum atomic E-state index is -1.83. The zero-order valence-electron chi connectivity index (χ0n) is 31.9. The van der Waals surface area contributed by atoms with Gasteiger partial charge >= 0.3 is 5.97 Å². The van der Waals surface area contributed by atoms with Crippen LogP contribution in [-0.2, 0) is 44.8 Å². The summed E-state index contributed by atoms with van der Waals surface area (Å²) in [4.78, 5) is 108. The first kappa shape index (κ1) is 45.7. The van der Waals surface area contributed by atoms with Gasteiger partial charge in [0, 0.05) is 30.1 Å². The molecule has 2 aromatic rings. The molecule has 1 aliphatic heterocycles. The Labute approximate surface area is 327 Å². The number of rotatable bonds is 21. The van der Waals surface area contributed by atoms with Crippen LogP contribution in [0.1, 0.15) is 52.0 Å². The number of nitrogens with zero attached hydrogens (tertiary/aromatic N) is 1. The minimum absolute atomic E-state index is 0.0456. The number of aliphatic hydroxyl groups excluding tert-OH is 3. The molecule has 0 bridgehead atoms. The summed E-state index contributed by atoms with van der Waals surface area (Å²) in [6.45, 7) is 3.01. The van der Waals surface area contributed by atoms with E-state index >= 15 is 0 Å². The van der Waals surface area contributed by atoms with Crippen LogP contribution in [0.3, 0.4) is 0 Å². The van der Waals surface area contributed by atoms with E-state index < -0.39 is 115 Å². The largest absolute Gasteiger partial charge is 0.480 e. The van der Waals surface area contributed by atoms with Gasteiger partial charge in [-0.1, -0.05) is 32.0 Å². The van der Waals surface area contributed by atoms with Crippen LogP contribution in [0.4, 0.5) is 0 Å². The number of fused-ring (bicyclic) bond motifs is 1. The van der Waals surface area contributed by atoms with Crippen LogP contribution >= 0.6 is 0 Å². The molecule has 57 heavy (non-hydrogen) atoms. The number of carbonyl (C=O) groups is 8. The molecule has 1 saturated heterocycles. The van der Waals surface area contributed by atoms with Crippen LogP contribution in [0, 0.1) is 5.92 Å². The van der Waals surface area contributed by atoms with Crippen LogP contribution in [0.2, 0.25) is 0 Å². The third-order valence-electron chi connectivity index (χ3n) is 9.32. The van der Waals surface area contributed by atoms with Gasteiger partial charge in [0.15, 0.2) is 0 Å². The number of amides is 7. The van der Waals surface area contributed by atoms with E-state index in [9.17, 15) is 58.8 Å². The van der Waals surface area contributed by atoms with Crippen molar-refractivity contribution in [3.8, 4) is 0 Å². The Hall–Kier alpha value is -5.64. The monoisotopic (exact) mass is 803 g/mol. The van der Waals surface area contributed by atoms with Crippen LogP contribution in [0.15, 0.2) is 30.5 Å². The van der Waals surface area contributed by atoms with E-state index in [0.717, 1.165) is 17.3 Å². The highest BCUT2D eigenvalue weighted by Gasteiger charge is 2.40. The molecule has 1 aromatic carbocycles. The van der Waals surface area contributed by atoms with E-state index in [1.807, 2.05) is 0 Å². The molecular weight excluding hydrogens is 750 g/mol. The van der Waals surface area contributed by atoms with Crippen molar-refractivity contribution in [1.82, 2.24) is 36.5 Å². The molecule has 21 heteroatoms. The van der Waals surface area contributed by atoms with E-state index in [-0.39, 0.29) is 31.7 Å². The fraction of sp³-hybridized carbons (Fsp3) is 0.556. The topological polar surface area (TPSA) is 349 Å². The van der Waals surface area contributed by atoms with Crippen LogP contribution in [-0.4, -0.2) is 146 Å². The Bertz CT molecular complexity index is 1780. The number of hydrogen-bond acceptors (Lipinski definition) is 12. The summed E-state index contributed by atoms with van der Waals surface area (Å²) in [6.07, 6.45) is -0.316. The summed E-state index contributed by atoms with van der Waals surface area (Å²) in [5, 5.41) is 52.0. The van der Waals surface area contributed by atoms with Crippen molar-refractivity contribution in [3.05, 3.63) is 36.0 Å². The molecule has 0 unspecified atom stereocenters. The second-order valence-electron chi connectivity index (χ2n) is 14.3. The predicted molar refractivity (Wildman–Crippen MR) is 201 cm³/mol. The molecule has 0 saturated carbocycles. The Kier molecular flexibility index (Phi) is 16.9.